The molecule has 0 radical (unpaired) electrons. The smallest absolute Gasteiger partial charge is 0.369 e. The number of carbonyl (C=O) groups is 1. The number of nitrogens with one attached hydrogen (secondary N) is 1. The molecule has 1 N–H and O–H groups in total. The second kappa shape index (κ2) is 6.38. The van der Waals surface area contributed by atoms with Gasteiger partial charge in [0.2, 0.25) is 5.91 Å². The molecule has 0 aromatic heterocycles. The number of rotatable bonds is 4. The fourth-order valence-electron chi connectivity index (χ4n) is 1.26. The van der Waals surface area contributed by atoms with Crippen LogP contribution in [0.1, 0.15) is 19.4 Å². The van der Waals surface area contributed by atoms with Gasteiger partial charge >= 0.3 is 6.18 Å². The Kier molecular flexibility index (Phi) is 5.37. The second-order valence-corrected chi connectivity index (χ2v) is 4.95. The van der Waals surface area contributed by atoms with Crippen LogP contribution in [0.4, 0.5) is 18.9 Å². The average Bonchev–Trinajstić information content (AvgIpc) is 2.27. The quantitative estimate of drug-likeness (QED) is 0.905. The van der Waals surface area contributed by atoms with Crippen molar-refractivity contribution in [2.24, 2.45) is 0 Å². The Balaban J connectivity index is 2.78. The minimum absolute atomic E-state index is 0.0728. The number of ether oxygens (including phenoxy) is 1. The molecule has 0 fully saturated rings. The Hall–Kier alpha value is -1.08. The SMILES string of the molecule is CC(C)OCC(=O)Nc1ccc(Br)c(C(F)(F)F)c1. The average molecular weight is 340 g/mol. The van der Waals surface area contributed by atoms with Crippen molar-refractivity contribution in [2.75, 3.05) is 11.9 Å². The highest BCUT2D eigenvalue weighted by Crippen LogP contribution is 2.36. The number of carbonyl (C=O) groups excluding carboxylic acids is 1. The van der Waals surface area contributed by atoms with Crippen molar-refractivity contribution in [3.8, 4) is 0 Å². The summed E-state index contributed by atoms with van der Waals surface area (Å²) in [4.78, 5) is 11.4. The maximum absolute atomic E-state index is 12.7. The van der Waals surface area contributed by atoms with Crippen LogP contribution in [0.3, 0.4) is 0 Å². The van der Waals surface area contributed by atoms with E-state index >= 15 is 0 Å². The fraction of sp³-hybridized carbons (Fsp3) is 0.417. The first-order chi connectivity index (χ1) is 8.70. The van der Waals surface area contributed by atoms with Gasteiger partial charge in [-0.05, 0) is 32.0 Å². The molecule has 7 heteroatoms. The van der Waals surface area contributed by atoms with Crippen LogP contribution in [0.2, 0.25) is 0 Å². The van der Waals surface area contributed by atoms with Crippen molar-refractivity contribution in [2.45, 2.75) is 26.1 Å². The number of alkyl halides is 3. The molecule has 0 aliphatic heterocycles. The summed E-state index contributed by atoms with van der Waals surface area (Å²) in [7, 11) is 0. The topological polar surface area (TPSA) is 38.3 Å². The molecular formula is C12H13BrF3NO2. The molecule has 106 valence electrons. The van der Waals surface area contributed by atoms with Gasteiger partial charge in [-0.3, -0.25) is 4.79 Å². The van der Waals surface area contributed by atoms with Crippen molar-refractivity contribution in [3.05, 3.63) is 28.2 Å². The highest BCUT2D eigenvalue weighted by molar-refractivity contribution is 9.10. The van der Waals surface area contributed by atoms with Crippen LogP contribution >= 0.6 is 15.9 Å². The maximum atomic E-state index is 12.7. The largest absolute Gasteiger partial charge is 0.417 e. The van der Waals surface area contributed by atoms with E-state index < -0.39 is 17.6 Å². The van der Waals surface area contributed by atoms with Crippen molar-refractivity contribution in [1.82, 2.24) is 0 Å². The Bertz CT molecular complexity index is 461. The molecule has 1 amide bonds. The lowest BCUT2D eigenvalue weighted by atomic mass is 10.2. The van der Waals surface area contributed by atoms with Gasteiger partial charge < -0.3 is 10.1 Å². The summed E-state index contributed by atoms with van der Waals surface area (Å²) >= 11 is 2.82. The van der Waals surface area contributed by atoms with E-state index in [2.05, 4.69) is 21.2 Å². The third-order valence-corrected chi connectivity index (χ3v) is 2.79. The zero-order valence-corrected chi connectivity index (χ0v) is 11.9. The Morgan fingerprint density at radius 3 is 2.58 bits per heavy atom. The van der Waals surface area contributed by atoms with E-state index in [0.29, 0.717) is 0 Å². The van der Waals surface area contributed by atoms with Gasteiger partial charge in [0.1, 0.15) is 6.61 Å². The van der Waals surface area contributed by atoms with E-state index in [4.69, 9.17) is 4.74 Å². The summed E-state index contributed by atoms with van der Waals surface area (Å²) in [5.74, 6) is -0.496. The van der Waals surface area contributed by atoms with Crippen molar-refractivity contribution in [3.63, 3.8) is 0 Å². The van der Waals surface area contributed by atoms with Crippen LogP contribution in [0, 0.1) is 0 Å². The molecule has 3 nitrogen and oxygen atoms in total. The van der Waals surface area contributed by atoms with Crippen molar-refractivity contribution < 1.29 is 22.7 Å². The third-order valence-electron chi connectivity index (χ3n) is 2.10. The zero-order valence-electron chi connectivity index (χ0n) is 10.3. The number of hydrogen-bond acceptors (Lipinski definition) is 2. The molecule has 0 aliphatic rings. The number of amides is 1. The summed E-state index contributed by atoms with van der Waals surface area (Å²) in [6.07, 6.45) is -4.60. The lowest BCUT2D eigenvalue weighted by molar-refractivity contribution is -0.138. The van der Waals surface area contributed by atoms with Gasteiger partial charge in [-0.15, -0.1) is 0 Å². The van der Waals surface area contributed by atoms with Gasteiger partial charge in [0, 0.05) is 10.2 Å². The number of benzene rings is 1. The van der Waals surface area contributed by atoms with Crippen LogP contribution in [0.25, 0.3) is 0 Å². The van der Waals surface area contributed by atoms with Gasteiger partial charge in [0.05, 0.1) is 11.7 Å². The van der Waals surface area contributed by atoms with E-state index in [1.54, 1.807) is 13.8 Å². The molecule has 0 saturated carbocycles. The van der Waals surface area contributed by atoms with Gasteiger partial charge in [-0.1, -0.05) is 15.9 Å². The summed E-state index contributed by atoms with van der Waals surface area (Å²) in [5, 5.41) is 2.35. The number of halogens is 4. The monoisotopic (exact) mass is 339 g/mol. The molecule has 1 aromatic rings. The van der Waals surface area contributed by atoms with Gasteiger partial charge in [-0.25, -0.2) is 0 Å². The van der Waals surface area contributed by atoms with E-state index in [0.717, 1.165) is 6.07 Å². The predicted molar refractivity (Wildman–Crippen MR) is 68.9 cm³/mol. The molecule has 0 spiro atoms. The van der Waals surface area contributed by atoms with Crippen LogP contribution in [-0.2, 0) is 15.7 Å². The first-order valence-corrected chi connectivity index (χ1v) is 6.27. The lowest BCUT2D eigenvalue weighted by Crippen LogP contribution is -2.21. The Labute approximate surface area is 117 Å². The highest BCUT2D eigenvalue weighted by atomic mass is 79.9. The molecule has 19 heavy (non-hydrogen) atoms. The molecule has 0 heterocycles. The van der Waals surface area contributed by atoms with Gasteiger partial charge in [0.25, 0.3) is 0 Å². The first kappa shape index (κ1) is 16.0. The van der Waals surface area contributed by atoms with Crippen LogP contribution < -0.4 is 5.32 Å². The molecule has 0 bridgehead atoms. The standard InChI is InChI=1S/C12H13BrF3NO2/c1-7(2)19-6-11(18)17-8-3-4-10(13)9(5-8)12(14,15)16/h3-5,7H,6H2,1-2H3,(H,17,18). The third kappa shape index (κ3) is 5.20. The number of hydrogen-bond donors (Lipinski definition) is 1. The van der Waals surface area contributed by atoms with Gasteiger partial charge in [-0.2, -0.15) is 13.2 Å². The Morgan fingerprint density at radius 2 is 2.05 bits per heavy atom. The lowest BCUT2D eigenvalue weighted by Gasteiger charge is -2.12. The molecule has 1 rings (SSSR count). The summed E-state index contributed by atoms with van der Waals surface area (Å²) in [6.45, 7) is 3.32. The fourth-order valence-corrected chi connectivity index (χ4v) is 1.73. The predicted octanol–water partition coefficient (Wildman–Crippen LogP) is 3.83. The second-order valence-electron chi connectivity index (χ2n) is 4.10. The Morgan fingerprint density at radius 1 is 1.42 bits per heavy atom. The van der Waals surface area contributed by atoms with E-state index in [-0.39, 0.29) is 22.9 Å². The minimum Gasteiger partial charge on any atom is -0.369 e. The van der Waals surface area contributed by atoms with E-state index in [1.807, 2.05) is 0 Å². The summed E-state index contributed by atoms with van der Waals surface area (Å²) < 4.78 is 42.9. The van der Waals surface area contributed by atoms with Crippen molar-refractivity contribution >= 4 is 27.5 Å². The summed E-state index contributed by atoms with van der Waals surface area (Å²) in [5.41, 5.74) is -0.761. The normalized spacial score (nSPS) is 11.7. The first-order valence-electron chi connectivity index (χ1n) is 5.48. The summed E-state index contributed by atoms with van der Waals surface area (Å²) in [6, 6.07) is 3.49. The van der Waals surface area contributed by atoms with Crippen LogP contribution in [0.5, 0.6) is 0 Å². The van der Waals surface area contributed by atoms with E-state index in [1.165, 1.54) is 12.1 Å². The number of anilines is 1. The zero-order chi connectivity index (χ0) is 14.6. The molecule has 0 unspecified atom stereocenters. The van der Waals surface area contributed by atoms with Gasteiger partial charge in [0.15, 0.2) is 0 Å². The molecule has 0 aliphatic carbocycles. The maximum Gasteiger partial charge on any atom is 0.417 e. The molecular weight excluding hydrogens is 327 g/mol. The minimum atomic E-state index is -4.48. The molecule has 1 aromatic carbocycles. The molecule has 0 atom stereocenters. The van der Waals surface area contributed by atoms with E-state index in [9.17, 15) is 18.0 Å². The highest BCUT2D eigenvalue weighted by Gasteiger charge is 2.33. The van der Waals surface area contributed by atoms with Crippen LogP contribution in [0.15, 0.2) is 22.7 Å². The van der Waals surface area contributed by atoms with Crippen LogP contribution in [-0.4, -0.2) is 18.6 Å². The molecule has 0 saturated heterocycles. The van der Waals surface area contributed by atoms with Crippen molar-refractivity contribution in [1.29, 1.82) is 0 Å².